The molecule has 1 aromatic rings. The number of halogens is 3. The maximum absolute atomic E-state index is 11.6. The van der Waals surface area contributed by atoms with Gasteiger partial charge in [-0.3, -0.25) is 15.4 Å². The van der Waals surface area contributed by atoms with Gasteiger partial charge in [-0.25, -0.2) is 4.79 Å². The maximum atomic E-state index is 11.6. The molecule has 3 N–H and O–H groups in total. The van der Waals surface area contributed by atoms with Crippen LogP contribution in [0.1, 0.15) is 6.92 Å². The Bertz CT molecular complexity index is 686. The van der Waals surface area contributed by atoms with Gasteiger partial charge in [-0.2, -0.15) is 0 Å². The molecule has 0 radical (unpaired) electrons. The molecule has 9 nitrogen and oxygen atoms in total. The summed E-state index contributed by atoms with van der Waals surface area (Å²) in [5.74, 6) is 0.295. The molecule has 144 valence electrons. The van der Waals surface area contributed by atoms with E-state index in [4.69, 9.17) is 56.5 Å². The van der Waals surface area contributed by atoms with E-state index in [9.17, 15) is 14.9 Å². The van der Waals surface area contributed by atoms with Crippen molar-refractivity contribution in [2.75, 3.05) is 19.0 Å². The molecule has 0 spiro atoms. The number of anilines is 1. The minimum atomic E-state index is -1.97. The van der Waals surface area contributed by atoms with Crippen LogP contribution in [0.4, 0.5) is 16.2 Å². The molecular formula is C13H15Cl3N4O5S. The van der Waals surface area contributed by atoms with Gasteiger partial charge in [0.1, 0.15) is 5.75 Å². The molecule has 0 saturated carbocycles. The number of carbonyl (C=O) groups is 1. The molecule has 0 heterocycles. The third-order valence-electron chi connectivity index (χ3n) is 2.78. The fourth-order valence-corrected chi connectivity index (χ4v) is 2.24. The highest BCUT2D eigenvalue weighted by Crippen LogP contribution is 2.30. The van der Waals surface area contributed by atoms with Crippen molar-refractivity contribution in [3.05, 3.63) is 28.3 Å². The largest absolute Gasteiger partial charge is 0.495 e. The van der Waals surface area contributed by atoms with Crippen LogP contribution in [0.5, 0.6) is 5.75 Å². The number of nitrogens with one attached hydrogen (secondary N) is 3. The molecule has 0 unspecified atom stereocenters. The highest BCUT2D eigenvalue weighted by atomic mass is 35.6. The fourth-order valence-electron chi connectivity index (χ4n) is 1.69. The van der Waals surface area contributed by atoms with Crippen LogP contribution in [0.15, 0.2) is 18.2 Å². The SMILES string of the molecule is CCOC(=O)N[C@@H](NC(=S)Nc1cc([N+](=O)[O-])ccc1OC)C(Cl)(Cl)Cl. The standard InChI is InChI=1S/C13H15Cl3N4O5S/c1-3-25-12(21)19-10(13(14,15)16)18-11(26)17-8-6-7(20(22)23)4-5-9(8)24-2/h4-6,10H,3H2,1-2H3,(H,19,21)(H2,17,18,26)/t10-/m1/s1. The van der Waals surface area contributed by atoms with Gasteiger partial charge in [0.2, 0.25) is 3.79 Å². The summed E-state index contributed by atoms with van der Waals surface area (Å²) in [4.78, 5) is 21.9. The molecule has 0 saturated heterocycles. The first-order chi connectivity index (χ1) is 12.1. The second kappa shape index (κ2) is 9.81. The summed E-state index contributed by atoms with van der Waals surface area (Å²) in [6.07, 6.45) is -2.07. The summed E-state index contributed by atoms with van der Waals surface area (Å²) in [5.41, 5.74) is 0.0251. The number of carbonyl (C=O) groups excluding carboxylic acids is 1. The predicted octanol–water partition coefficient (Wildman–Crippen LogP) is 3.33. The lowest BCUT2D eigenvalue weighted by atomic mass is 10.2. The van der Waals surface area contributed by atoms with Crippen LogP contribution in [0.2, 0.25) is 0 Å². The summed E-state index contributed by atoms with van der Waals surface area (Å²) in [7, 11) is 1.38. The topological polar surface area (TPSA) is 115 Å². The van der Waals surface area contributed by atoms with E-state index >= 15 is 0 Å². The van der Waals surface area contributed by atoms with Gasteiger partial charge in [0.15, 0.2) is 11.3 Å². The summed E-state index contributed by atoms with van der Waals surface area (Å²) in [6, 6.07) is 3.88. The van der Waals surface area contributed by atoms with Crippen LogP contribution in [-0.4, -0.2) is 39.8 Å². The van der Waals surface area contributed by atoms with Crippen molar-refractivity contribution in [1.29, 1.82) is 0 Å². The minimum Gasteiger partial charge on any atom is -0.495 e. The zero-order chi connectivity index (χ0) is 19.9. The van der Waals surface area contributed by atoms with Crippen molar-refractivity contribution in [3.63, 3.8) is 0 Å². The molecule has 0 aliphatic carbocycles. The van der Waals surface area contributed by atoms with Crippen LogP contribution in [0, 0.1) is 10.1 Å². The van der Waals surface area contributed by atoms with Gasteiger partial charge >= 0.3 is 6.09 Å². The number of hydrogen-bond acceptors (Lipinski definition) is 6. The molecular weight excluding hydrogens is 431 g/mol. The highest BCUT2D eigenvalue weighted by Gasteiger charge is 2.35. The Morgan fingerprint density at radius 1 is 1.38 bits per heavy atom. The number of nitrogens with zero attached hydrogens (tertiary/aromatic N) is 1. The summed E-state index contributed by atoms with van der Waals surface area (Å²) in [6.45, 7) is 1.73. The third-order valence-corrected chi connectivity index (χ3v) is 3.66. The van der Waals surface area contributed by atoms with Gasteiger partial charge in [-0.05, 0) is 25.2 Å². The van der Waals surface area contributed by atoms with Gasteiger partial charge < -0.3 is 20.1 Å². The number of nitro benzene ring substituents is 1. The number of thiocarbonyl (C=S) groups is 1. The minimum absolute atomic E-state index is 0.0862. The van der Waals surface area contributed by atoms with E-state index < -0.39 is 21.0 Å². The van der Waals surface area contributed by atoms with E-state index in [1.807, 2.05) is 0 Å². The zero-order valence-corrected chi connectivity index (χ0v) is 16.6. The normalized spacial score (nSPS) is 11.9. The number of non-ortho nitro benzene ring substituents is 1. The second-order valence-corrected chi connectivity index (χ2v) is 7.36. The first-order valence-electron chi connectivity index (χ1n) is 6.98. The third kappa shape index (κ3) is 6.87. The van der Waals surface area contributed by atoms with Crippen molar-refractivity contribution in [3.8, 4) is 5.75 Å². The zero-order valence-electron chi connectivity index (χ0n) is 13.5. The lowest BCUT2D eigenvalue weighted by Gasteiger charge is -2.27. The lowest BCUT2D eigenvalue weighted by molar-refractivity contribution is -0.384. The average Bonchev–Trinajstić information content (AvgIpc) is 2.53. The quantitative estimate of drug-likeness (QED) is 0.201. The van der Waals surface area contributed by atoms with Gasteiger partial charge in [0.25, 0.3) is 5.69 Å². The Morgan fingerprint density at radius 2 is 2.04 bits per heavy atom. The molecule has 26 heavy (non-hydrogen) atoms. The number of amides is 1. The number of benzene rings is 1. The first kappa shape index (κ1) is 22.3. The van der Waals surface area contributed by atoms with Crippen molar-refractivity contribution in [2.24, 2.45) is 0 Å². The molecule has 1 rings (SSSR count). The van der Waals surface area contributed by atoms with Crippen LogP contribution >= 0.6 is 47.0 Å². The molecule has 1 atom stereocenters. The summed E-state index contributed by atoms with van der Waals surface area (Å²) < 4.78 is 7.86. The number of alkyl carbamates (subject to hydrolysis) is 1. The Labute approximate surface area is 169 Å². The van der Waals surface area contributed by atoms with E-state index in [0.717, 1.165) is 0 Å². The van der Waals surface area contributed by atoms with Gasteiger partial charge in [0.05, 0.1) is 24.3 Å². The van der Waals surface area contributed by atoms with Crippen molar-refractivity contribution >= 4 is 69.6 Å². The second-order valence-electron chi connectivity index (χ2n) is 4.58. The molecule has 1 amide bonds. The molecule has 0 fully saturated rings. The Kier molecular flexibility index (Phi) is 8.41. The van der Waals surface area contributed by atoms with Crippen LogP contribution in [-0.2, 0) is 4.74 Å². The number of hydrogen-bond donors (Lipinski definition) is 3. The molecule has 0 aliphatic heterocycles. The molecule has 0 aliphatic rings. The number of alkyl halides is 3. The fraction of sp³-hybridized carbons (Fsp3) is 0.385. The highest BCUT2D eigenvalue weighted by molar-refractivity contribution is 7.80. The number of nitro groups is 1. The van der Waals surface area contributed by atoms with E-state index in [-0.39, 0.29) is 23.1 Å². The van der Waals surface area contributed by atoms with Crippen LogP contribution < -0.4 is 20.7 Å². The van der Waals surface area contributed by atoms with E-state index in [2.05, 4.69) is 16.0 Å². The molecule has 13 heteroatoms. The maximum Gasteiger partial charge on any atom is 0.408 e. The lowest BCUT2D eigenvalue weighted by Crippen LogP contribution is -2.56. The number of methoxy groups -OCH3 is 1. The van der Waals surface area contributed by atoms with E-state index in [1.54, 1.807) is 6.92 Å². The number of ether oxygens (including phenoxy) is 2. The average molecular weight is 446 g/mol. The first-order valence-corrected chi connectivity index (χ1v) is 8.52. The van der Waals surface area contributed by atoms with Crippen molar-refractivity contribution in [1.82, 2.24) is 10.6 Å². The Morgan fingerprint density at radius 3 is 2.54 bits per heavy atom. The van der Waals surface area contributed by atoms with Gasteiger partial charge in [-0.15, -0.1) is 0 Å². The van der Waals surface area contributed by atoms with Crippen LogP contribution in [0.3, 0.4) is 0 Å². The van der Waals surface area contributed by atoms with Gasteiger partial charge in [0, 0.05) is 12.1 Å². The summed E-state index contributed by atoms with van der Waals surface area (Å²) >= 11 is 22.5. The summed E-state index contributed by atoms with van der Waals surface area (Å²) in [5, 5.41) is 18.4. The van der Waals surface area contributed by atoms with E-state index in [0.29, 0.717) is 5.75 Å². The monoisotopic (exact) mass is 444 g/mol. The molecule has 1 aromatic carbocycles. The predicted molar refractivity (Wildman–Crippen MR) is 103 cm³/mol. The molecule has 0 bridgehead atoms. The number of rotatable bonds is 6. The van der Waals surface area contributed by atoms with E-state index in [1.165, 1.54) is 25.3 Å². The smallest absolute Gasteiger partial charge is 0.408 e. The van der Waals surface area contributed by atoms with Crippen LogP contribution in [0.25, 0.3) is 0 Å². The van der Waals surface area contributed by atoms with Crippen molar-refractivity contribution in [2.45, 2.75) is 16.9 Å². The molecule has 0 aromatic heterocycles. The van der Waals surface area contributed by atoms with Crippen molar-refractivity contribution < 1.29 is 19.2 Å². The Hall–Kier alpha value is -1.75. The van der Waals surface area contributed by atoms with Gasteiger partial charge in [-0.1, -0.05) is 34.8 Å². The Balaban J connectivity index is 2.92.